The van der Waals surface area contributed by atoms with Crippen LogP contribution >= 0.6 is 23.2 Å². The number of ether oxygens (including phenoxy) is 2. The zero-order valence-corrected chi connectivity index (χ0v) is 24.7. The Hall–Kier alpha value is -3.99. The number of carbonyl (C=O) groups excluding carboxylic acids is 2. The molecule has 2 heterocycles. The Morgan fingerprint density at radius 2 is 1.90 bits per heavy atom. The lowest BCUT2D eigenvalue weighted by atomic mass is 9.81. The SMILES string of the molecule is CCC(C)c1c(C2(O)C(=O)Cc3cc(Cl)ccc32)c(C(=O)Nc2cc(Cl)ccc2F)cn1-c1cnc(OC)nc1OC. The van der Waals surface area contributed by atoms with Crippen LogP contribution in [0.4, 0.5) is 10.1 Å². The number of aliphatic hydroxyl groups is 1. The molecule has 2 aromatic carbocycles. The fourth-order valence-electron chi connectivity index (χ4n) is 5.28. The average Bonchev–Trinajstić information content (AvgIpc) is 3.49. The van der Waals surface area contributed by atoms with Crippen molar-refractivity contribution in [2.24, 2.45) is 0 Å². The number of ketones is 1. The maximum absolute atomic E-state index is 14.7. The number of benzene rings is 2. The summed E-state index contributed by atoms with van der Waals surface area (Å²) in [6, 6.07) is 8.58. The van der Waals surface area contributed by atoms with E-state index in [4.69, 9.17) is 32.7 Å². The van der Waals surface area contributed by atoms with Crippen molar-refractivity contribution in [1.82, 2.24) is 14.5 Å². The summed E-state index contributed by atoms with van der Waals surface area (Å²) >= 11 is 12.3. The van der Waals surface area contributed by atoms with Gasteiger partial charge in [0.25, 0.3) is 5.91 Å². The lowest BCUT2D eigenvalue weighted by molar-refractivity contribution is -0.131. The molecule has 12 heteroatoms. The van der Waals surface area contributed by atoms with Gasteiger partial charge >= 0.3 is 6.01 Å². The van der Waals surface area contributed by atoms with Crippen molar-refractivity contribution < 1.29 is 28.6 Å². The topological polar surface area (TPSA) is 116 Å². The van der Waals surface area contributed by atoms with E-state index in [9.17, 15) is 19.1 Å². The number of carbonyl (C=O) groups is 2. The number of Topliss-reactive ketones (excluding diaryl/α,β-unsaturated/α-hetero) is 1. The van der Waals surface area contributed by atoms with Crippen molar-refractivity contribution in [3.63, 3.8) is 0 Å². The molecule has 2 atom stereocenters. The van der Waals surface area contributed by atoms with Gasteiger partial charge in [-0.05, 0) is 53.8 Å². The summed E-state index contributed by atoms with van der Waals surface area (Å²) in [5, 5.41) is 15.6. The Bertz CT molecular complexity index is 1730. The molecule has 2 N–H and O–H groups in total. The Morgan fingerprint density at radius 1 is 1.19 bits per heavy atom. The minimum absolute atomic E-state index is 0.0536. The maximum Gasteiger partial charge on any atom is 0.319 e. The van der Waals surface area contributed by atoms with E-state index in [0.29, 0.717) is 34.0 Å². The molecular formula is C30H27Cl2FN4O5. The Labute approximate surface area is 251 Å². The third-order valence-electron chi connectivity index (χ3n) is 7.47. The van der Waals surface area contributed by atoms with Gasteiger partial charge in [-0.1, -0.05) is 43.1 Å². The third kappa shape index (κ3) is 4.89. The summed E-state index contributed by atoms with van der Waals surface area (Å²) in [6.45, 7) is 3.83. The molecule has 0 saturated heterocycles. The molecule has 42 heavy (non-hydrogen) atoms. The van der Waals surface area contributed by atoms with Crippen LogP contribution in [-0.2, 0) is 16.8 Å². The van der Waals surface area contributed by atoms with Crippen LogP contribution in [0.5, 0.6) is 11.9 Å². The van der Waals surface area contributed by atoms with Crippen molar-refractivity contribution in [2.75, 3.05) is 19.5 Å². The van der Waals surface area contributed by atoms with Crippen molar-refractivity contribution in [2.45, 2.75) is 38.2 Å². The van der Waals surface area contributed by atoms with Crippen molar-refractivity contribution >= 4 is 40.6 Å². The largest absolute Gasteiger partial charge is 0.479 e. The fraction of sp³-hybridized carbons (Fsp3) is 0.267. The number of anilines is 1. The molecule has 1 aliphatic rings. The van der Waals surface area contributed by atoms with Crippen LogP contribution in [0, 0.1) is 5.82 Å². The highest BCUT2D eigenvalue weighted by atomic mass is 35.5. The molecule has 2 unspecified atom stereocenters. The van der Waals surface area contributed by atoms with Gasteiger partial charge in [-0.15, -0.1) is 0 Å². The summed E-state index contributed by atoms with van der Waals surface area (Å²) in [6.07, 6.45) is 3.38. The molecule has 0 aliphatic heterocycles. The molecule has 0 saturated carbocycles. The smallest absolute Gasteiger partial charge is 0.319 e. The molecule has 0 radical (unpaired) electrons. The van der Waals surface area contributed by atoms with Gasteiger partial charge in [0.1, 0.15) is 11.5 Å². The summed E-state index contributed by atoms with van der Waals surface area (Å²) in [5.74, 6) is -2.20. The minimum atomic E-state index is -2.22. The predicted octanol–water partition coefficient (Wildman–Crippen LogP) is 5.86. The number of amides is 1. The Morgan fingerprint density at radius 3 is 2.60 bits per heavy atom. The summed E-state index contributed by atoms with van der Waals surface area (Å²) in [5.41, 5.74) is -0.784. The normalized spacial score (nSPS) is 16.7. The molecular weight excluding hydrogens is 586 g/mol. The first kappa shape index (κ1) is 29.5. The molecule has 1 aliphatic carbocycles. The van der Waals surface area contributed by atoms with Crippen LogP contribution in [0.3, 0.4) is 0 Å². The lowest BCUT2D eigenvalue weighted by Gasteiger charge is -2.28. The zero-order chi connectivity index (χ0) is 30.3. The number of halogens is 3. The van der Waals surface area contributed by atoms with E-state index in [1.165, 1.54) is 38.7 Å². The van der Waals surface area contributed by atoms with Crippen LogP contribution in [-0.4, -0.2) is 45.6 Å². The van der Waals surface area contributed by atoms with E-state index in [-0.39, 0.29) is 46.1 Å². The van der Waals surface area contributed by atoms with Gasteiger partial charge in [0.05, 0.1) is 31.7 Å². The summed E-state index contributed by atoms with van der Waals surface area (Å²) in [4.78, 5) is 36.2. The molecule has 2 aromatic heterocycles. The number of hydrogen-bond acceptors (Lipinski definition) is 7. The van der Waals surface area contributed by atoms with E-state index in [1.807, 2.05) is 13.8 Å². The summed E-state index contributed by atoms with van der Waals surface area (Å²) in [7, 11) is 2.83. The van der Waals surface area contributed by atoms with Crippen LogP contribution in [0.15, 0.2) is 48.8 Å². The average molecular weight is 613 g/mol. The number of nitrogens with one attached hydrogen (secondary N) is 1. The highest BCUT2D eigenvalue weighted by molar-refractivity contribution is 6.31. The number of aromatic nitrogens is 3. The van der Waals surface area contributed by atoms with E-state index >= 15 is 0 Å². The maximum atomic E-state index is 14.7. The van der Waals surface area contributed by atoms with Crippen LogP contribution in [0.2, 0.25) is 10.0 Å². The van der Waals surface area contributed by atoms with Crippen molar-refractivity contribution in [3.05, 3.63) is 92.6 Å². The summed E-state index contributed by atoms with van der Waals surface area (Å²) < 4.78 is 27.0. The first-order valence-electron chi connectivity index (χ1n) is 13.0. The van der Waals surface area contributed by atoms with Crippen molar-refractivity contribution in [3.8, 4) is 17.6 Å². The van der Waals surface area contributed by atoms with E-state index in [2.05, 4.69) is 15.3 Å². The van der Waals surface area contributed by atoms with Gasteiger partial charge in [-0.3, -0.25) is 9.59 Å². The fourth-order valence-corrected chi connectivity index (χ4v) is 5.65. The van der Waals surface area contributed by atoms with Crippen LogP contribution < -0.4 is 14.8 Å². The quantitative estimate of drug-likeness (QED) is 0.256. The van der Waals surface area contributed by atoms with Gasteiger partial charge < -0.3 is 24.5 Å². The molecule has 218 valence electrons. The second-order valence-corrected chi connectivity index (χ2v) is 10.8. The first-order valence-corrected chi connectivity index (χ1v) is 13.8. The number of rotatable bonds is 8. The van der Waals surface area contributed by atoms with Crippen molar-refractivity contribution in [1.29, 1.82) is 0 Å². The number of fused-ring (bicyclic) bond motifs is 1. The molecule has 9 nitrogen and oxygen atoms in total. The Kier molecular flexibility index (Phi) is 7.98. The van der Waals surface area contributed by atoms with Gasteiger partial charge in [0, 0.05) is 33.9 Å². The molecule has 0 bridgehead atoms. The number of nitrogens with zero attached hydrogens (tertiary/aromatic N) is 3. The third-order valence-corrected chi connectivity index (χ3v) is 7.94. The first-order chi connectivity index (χ1) is 20.0. The van der Waals surface area contributed by atoms with Gasteiger partial charge in [-0.2, -0.15) is 4.98 Å². The van der Waals surface area contributed by atoms with E-state index in [0.717, 1.165) is 6.07 Å². The standard InChI is InChI=1S/C30H27Cl2FN4O5/c1-5-15(2)26-25(30(40)20-8-6-17(31)10-16(20)11-24(30)38)19(27(39)35-22-12-18(32)7-9-21(22)33)14-37(26)23-13-34-29(42-4)36-28(23)41-3/h6-10,12-15,40H,5,11H2,1-4H3,(H,35,39). The van der Waals surface area contributed by atoms with E-state index < -0.39 is 23.1 Å². The molecule has 5 rings (SSSR count). The molecule has 0 fully saturated rings. The van der Waals surface area contributed by atoms with Crippen LogP contribution in [0.25, 0.3) is 5.69 Å². The highest BCUT2D eigenvalue weighted by Crippen LogP contribution is 2.47. The number of hydrogen-bond donors (Lipinski definition) is 2. The van der Waals surface area contributed by atoms with Crippen LogP contribution in [0.1, 0.15) is 58.9 Å². The molecule has 0 spiro atoms. The highest BCUT2D eigenvalue weighted by Gasteiger charge is 2.51. The number of methoxy groups -OCH3 is 2. The van der Waals surface area contributed by atoms with Gasteiger partial charge in [0.15, 0.2) is 11.4 Å². The molecule has 1 amide bonds. The second-order valence-electron chi connectivity index (χ2n) is 9.92. The predicted molar refractivity (Wildman–Crippen MR) is 156 cm³/mol. The second kappa shape index (κ2) is 11.4. The van der Waals surface area contributed by atoms with Gasteiger partial charge in [0.2, 0.25) is 5.88 Å². The zero-order valence-electron chi connectivity index (χ0n) is 23.2. The monoisotopic (exact) mass is 612 g/mol. The molecule has 4 aromatic rings. The minimum Gasteiger partial charge on any atom is -0.479 e. The van der Waals surface area contributed by atoms with E-state index in [1.54, 1.807) is 22.8 Å². The Balaban J connectivity index is 1.83. The van der Waals surface area contributed by atoms with Gasteiger partial charge in [-0.25, -0.2) is 9.37 Å². The lowest BCUT2D eigenvalue weighted by Crippen LogP contribution is -2.36.